The summed E-state index contributed by atoms with van der Waals surface area (Å²) in [6.45, 7) is 2.69. The van der Waals surface area contributed by atoms with Gasteiger partial charge in [-0.2, -0.15) is 5.10 Å². The number of carbonyl (C=O) groups is 1. The number of carbonyl (C=O) groups excluding carboxylic acids is 1. The zero-order valence-corrected chi connectivity index (χ0v) is 17.4. The number of ether oxygens (including phenoxy) is 3. The summed E-state index contributed by atoms with van der Waals surface area (Å²) in [7, 11) is 3.30. The number of hydrogen-bond donors (Lipinski definition) is 1. The number of nitrogens with zero attached hydrogens (tertiary/aromatic N) is 3. The Morgan fingerprint density at radius 1 is 1.19 bits per heavy atom. The van der Waals surface area contributed by atoms with Crippen LogP contribution < -0.4 is 25.1 Å². The molecule has 0 bridgehead atoms. The van der Waals surface area contributed by atoms with Gasteiger partial charge < -0.3 is 24.4 Å². The molecule has 1 aliphatic heterocycles. The number of aryl methyl sites for hydroxylation is 1. The van der Waals surface area contributed by atoms with Crippen LogP contribution in [0.1, 0.15) is 17.3 Å². The molecule has 1 aliphatic rings. The Morgan fingerprint density at radius 2 is 1.94 bits per heavy atom. The normalized spacial score (nSPS) is 11.8. The summed E-state index contributed by atoms with van der Waals surface area (Å²) in [5, 5.41) is 7.13. The molecule has 0 fully saturated rings. The van der Waals surface area contributed by atoms with E-state index in [9.17, 15) is 9.59 Å². The van der Waals surface area contributed by atoms with E-state index in [2.05, 4.69) is 10.4 Å². The Balaban J connectivity index is 1.60. The smallest absolute Gasteiger partial charge is 0.294 e. The summed E-state index contributed by atoms with van der Waals surface area (Å²) in [6, 6.07) is 12.0. The van der Waals surface area contributed by atoms with Gasteiger partial charge in [-0.1, -0.05) is 0 Å². The van der Waals surface area contributed by atoms with E-state index < -0.39 is 0 Å². The Kier molecular flexibility index (Phi) is 5.48. The van der Waals surface area contributed by atoms with E-state index in [0.717, 1.165) is 0 Å². The second-order valence-electron chi connectivity index (χ2n) is 6.95. The van der Waals surface area contributed by atoms with Gasteiger partial charge in [0.25, 0.3) is 11.5 Å². The van der Waals surface area contributed by atoms with Crippen LogP contribution in [0.25, 0.3) is 0 Å². The largest absolute Gasteiger partial charge is 0.454 e. The van der Waals surface area contributed by atoms with E-state index in [1.165, 1.54) is 10.9 Å². The molecular formula is C22H22N4O5. The van der Waals surface area contributed by atoms with Gasteiger partial charge in [-0.25, -0.2) is 4.68 Å². The average molecular weight is 422 g/mol. The second kappa shape index (κ2) is 8.39. The lowest BCUT2D eigenvalue weighted by molar-refractivity contribution is 0.0802. The third-order valence-electron chi connectivity index (χ3n) is 4.90. The summed E-state index contributed by atoms with van der Waals surface area (Å²) in [4.78, 5) is 26.6. The fourth-order valence-electron chi connectivity index (χ4n) is 2.99. The minimum absolute atomic E-state index is 0.0688. The van der Waals surface area contributed by atoms with Crippen molar-refractivity contribution in [2.24, 2.45) is 7.05 Å². The molecule has 2 heterocycles. The zero-order valence-electron chi connectivity index (χ0n) is 17.4. The van der Waals surface area contributed by atoms with Crippen LogP contribution in [-0.4, -0.2) is 41.0 Å². The maximum absolute atomic E-state index is 12.7. The molecule has 0 unspecified atom stereocenters. The molecule has 31 heavy (non-hydrogen) atoms. The van der Waals surface area contributed by atoms with Gasteiger partial charge in [0.2, 0.25) is 6.79 Å². The van der Waals surface area contributed by atoms with Crippen molar-refractivity contribution in [2.45, 2.75) is 6.92 Å². The Morgan fingerprint density at radius 3 is 2.68 bits per heavy atom. The predicted molar refractivity (Wildman–Crippen MR) is 114 cm³/mol. The summed E-state index contributed by atoms with van der Waals surface area (Å²) in [5.74, 6) is 1.87. The fourth-order valence-corrected chi connectivity index (χ4v) is 2.99. The highest BCUT2D eigenvalue weighted by Gasteiger charge is 2.17. The van der Waals surface area contributed by atoms with Crippen molar-refractivity contribution < 1.29 is 19.0 Å². The molecule has 160 valence electrons. The molecule has 2 aromatic carbocycles. The van der Waals surface area contributed by atoms with Crippen molar-refractivity contribution in [3.63, 3.8) is 0 Å². The summed E-state index contributed by atoms with van der Waals surface area (Å²) >= 11 is 0. The highest BCUT2D eigenvalue weighted by molar-refractivity contribution is 5.94. The van der Waals surface area contributed by atoms with Crippen LogP contribution in [0.15, 0.2) is 53.5 Å². The monoisotopic (exact) mass is 422 g/mol. The van der Waals surface area contributed by atoms with Crippen molar-refractivity contribution >= 4 is 17.3 Å². The molecule has 0 saturated heterocycles. The maximum Gasteiger partial charge on any atom is 0.294 e. The molecule has 0 saturated carbocycles. The van der Waals surface area contributed by atoms with Crippen LogP contribution in [0.4, 0.5) is 11.4 Å². The first-order chi connectivity index (χ1) is 15.0. The topological polar surface area (TPSA) is 94.9 Å². The van der Waals surface area contributed by atoms with Gasteiger partial charge in [0.1, 0.15) is 5.75 Å². The molecule has 1 amide bonds. The van der Waals surface area contributed by atoms with Crippen LogP contribution >= 0.6 is 0 Å². The first-order valence-corrected chi connectivity index (χ1v) is 9.72. The van der Waals surface area contributed by atoms with Crippen LogP contribution in [0.2, 0.25) is 0 Å². The third kappa shape index (κ3) is 4.16. The molecule has 0 aliphatic carbocycles. The Labute approximate surface area is 178 Å². The molecule has 3 aromatic rings. The number of fused-ring (bicyclic) bond motifs is 1. The van der Waals surface area contributed by atoms with E-state index in [1.54, 1.807) is 61.5 Å². The van der Waals surface area contributed by atoms with Crippen molar-refractivity contribution in [2.75, 3.05) is 25.7 Å². The lowest BCUT2D eigenvalue weighted by Crippen LogP contribution is -2.26. The maximum atomic E-state index is 12.7. The quantitative estimate of drug-likeness (QED) is 0.652. The van der Waals surface area contributed by atoms with E-state index in [4.69, 9.17) is 14.2 Å². The number of hydrogen-bond acceptors (Lipinski definition) is 7. The Hall–Kier alpha value is -4.01. The van der Waals surface area contributed by atoms with Gasteiger partial charge >= 0.3 is 0 Å². The second-order valence-corrected chi connectivity index (χ2v) is 6.95. The highest BCUT2D eigenvalue weighted by Crippen LogP contribution is 2.37. The van der Waals surface area contributed by atoms with Gasteiger partial charge in [0, 0.05) is 38.0 Å². The SMILES string of the molecule is CCN(C)C(=O)c1ccc(Nc2c(Oc3ccc4c(c3)OCO4)cnn(C)c2=O)cc1. The van der Waals surface area contributed by atoms with Gasteiger partial charge in [-0.3, -0.25) is 9.59 Å². The number of amides is 1. The molecule has 9 heteroatoms. The average Bonchev–Trinajstić information content (AvgIpc) is 3.26. The molecular weight excluding hydrogens is 400 g/mol. The number of benzene rings is 2. The van der Waals surface area contributed by atoms with Crippen LogP contribution in [0, 0.1) is 0 Å². The first-order valence-electron chi connectivity index (χ1n) is 9.72. The highest BCUT2D eigenvalue weighted by atomic mass is 16.7. The van der Waals surface area contributed by atoms with Crippen molar-refractivity contribution in [3.8, 4) is 23.0 Å². The molecule has 1 aromatic heterocycles. The van der Waals surface area contributed by atoms with Crippen LogP contribution in [0.5, 0.6) is 23.0 Å². The molecule has 0 radical (unpaired) electrons. The lowest BCUT2D eigenvalue weighted by atomic mass is 10.2. The zero-order chi connectivity index (χ0) is 22.0. The molecule has 9 nitrogen and oxygen atoms in total. The number of anilines is 2. The van der Waals surface area contributed by atoms with Crippen molar-refractivity contribution in [1.29, 1.82) is 0 Å². The van der Waals surface area contributed by atoms with Gasteiger partial charge in [0.15, 0.2) is 22.9 Å². The molecule has 0 spiro atoms. The van der Waals surface area contributed by atoms with Crippen LogP contribution in [0.3, 0.4) is 0 Å². The standard InChI is InChI=1S/C22H22N4O5/c1-4-25(2)21(27)14-5-7-15(8-6-14)24-20-19(12-23-26(3)22(20)28)31-16-9-10-17-18(11-16)30-13-29-17/h5-12,24H,4,13H2,1-3H3. The third-order valence-corrected chi connectivity index (χ3v) is 4.90. The van der Waals surface area contributed by atoms with E-state index >= 15 is 0 Å². The van der Waals surface area contributed by atoms with E-state index in [1.807, 2.05) is 6.92 Å². The van der Waals surface area contributed by atoms with Gasteiger partial charge in [-0.05, 0) is 43.3 Å². The summed E-state index contributed by atoms with van der Waals surface area (Å²) in [6.07, 6.45) is 1.46. The van der Waals surface area contributed by atoms with Crippen molar-refractivity contribution in [3.05, 3.63) is 64.6 Å². The van der Waals surface area contributed by atoms with E-state index in [-0.39, 0.29) is 29.7 Å². The Bertz CT molecular complexity index is 1170. The number of nitrogens with one attached hydrogen (secondary N) is 1. The molecule has 1 N–H and O–H groups in total. The molecule has 4 rings (SSSR count). The molecule has 0 atom stereocenters. The lowest BCUT2D eigenvalue weighted by Gasteiger charge is -2.15. The van der Waals surface area contributed by atoms with Gasteiger partial charge in [-0.15, -0.1) is 0 Å². The van der Waals surface area contributed by atoms with Gasteiger partial charge in [0.05, 0.1) is 6.20 Å². The summed E-state index contributed by atoms with van der Waals surface area (Å²) in [5.41, 5.74) is 1.06. The van der Waals surface area contributed by atoms with E-state index in [0.29, 0.717) is 35.0 Å². The number of aromatic nitrogens is 2. The predicted octanol–water partition coefficient (Wildman–Crippen LogP) is 3.14. The minimum atomic E-state index is -0.357. The van der Waals surface area contributed by atoms with Crippen molar-refractivity contribution in [1.82, 2.24) is 14.7 Å². The fraction of sp³-hybridized carbons (Fsp3) is 0.227. The summed E-state index contributed by atoms with van der Waals surface area (Å²) < 4.78 is 17.8. The number of rotatable bonds is 6. The minimum Gasteiger partial charge on any atom is -0.454 e. The first kappa shape index (κ1) is 20.3. The van der Waals surface area contributed by atoms with Crippen LogP contribution in [-0.2, 0) is 7.05 Å².